The molecule has 1 aliphatic rings. The molecule has 1 aromatic heterocycles. The lowest BCUT2D eigenvalue weighted by Crippen LogP contribution is -2.24. The van der Waals surface area contributed by atoms with Crippen LogP contribution in [0.15, 0.2) is 71.5 Å². The molecule has 0 saturated heterocycles. The molecule has 0 spiro atoms. The Balaban J connectivity index is 1.09. The average molecular weight is 476 g/mol. The first-order valence-corrected chi connectivity index (χ1v) is 12.5. The molecule has 3 aromatic carbocycles. The minimum absolute atomic E-state index is 0.0175. The number of H-pyrrole nitrogens is 1. The van der Waals surface area contributed by atoms with Crippen molar-refractivity contribution in [1.29, 1.82) is 0 Å². The minimum atomic E-state index is -0.763. The van der Waals surface area contributed by atoms with E-state index in [1.807, 2.05) is 0 Å². The van der Waals surface area contributed by atoms with E-state index in [0.29, 0.717) is 34.3 Å². The summed E-state index contributed by atoms with van der Waals surface area (Å²) in [5, 5.41) is 27.5. The second-order valence-electron chi connectivity index (χ2n) is 8.92. The van der Waals surface area contributed by atoms with Crippen molar-refractivity contribution in [3.05, 3.63) is 98.7 Å². The molecular formula is C27H29N3O3S. The molecule has 1 aliphatic carbocycles. The second kappa shape index (κ2) is 10.1. The lowest BCUT2D eigenvalue weighted by Gasteiger charge is -2.14. The molecular weight excluding hydrogens is 446 g/mol. The normalized spacial score (nSPS) is 18.3. The number of fused-ring (bicyclic) bond motifs is 1. The van der Waals surface area contributed by atoms with Crippen molar-refractivity contribution >= 4 is 21.6 Å². The van der Waals surface area contributed by atoms with Gasteiger partial charge in [0.1, 0.15) is 11.3 Å². The van der Waals surface area contributed by atoms with E-state index in [1.165, 1.54) is 29.2 Å². The maximum atomic E-state index is 11.7. The van der Waals surface area contributed by atoms with Crippen molar-refractivity contribution in [3.8, 4) is 5.75 Å². The molecule has 3 atom stereocenters. The van der Waals surface area contributed by atoms with Gasteiger partial charge in [-0.3, -0.25) is 4.79 Å². The molecule has 5 N–H and O–H groups in total. The Bertz CT molecular complexity index is 1320. The van der Waals surface area contributed by atoms with Gasteiger partial charge in [0.25, 0.3) is 0 Å². The van der Waals surface area contributed by atoms with Gasteiger partial charge >= 0.3 is 4.87 Å². The molecule has 5 rings (SSSR count). The third kappa shape index (κ3) is 5.23. The molecule has 0 bridgehead atoms. The highest BCUT2D eigenvalue weighted by atomic mass is 32.1. The van der Waals surface area contributed by atoms with Crippen LogP contribution in [0.5, 0.6) is 5.75 Å². The van der Waals surface area contributed by atoms with Gasteiger partial charge < -0.3 is 25.8 Å². The van der Waals surface area contributed by atoms with Crippen LogP contribution < -0.4 is 15.5 Å². The fourth-order valence-corrected chi connectivity index (χ4v) is 5.43. The molecule has 7 heteroatoms. The van der Waals surface area contributed by atoms with Crippen molar-refractivity contribution < 1.29 is 10.2 Å². The molecule has 4 aromatic rings. The van der Waals surface area contributed by atoms with Gasteiger partial charge in [0.2, 0.25) is 0 Å². The second-order valence-corrected chi connectivity index (χ2v) is 9.91. The number of rotatable bonds is 10. The van der Waals surface area contributed by atoms with E-state index in [-0.39, 0.29) is 10.6 Å². The molecule has 6 nitrogen and oxygen atoms in total. The first-order chi connectivity index (χ1) is 16.6. The van der Waals surface area contributed by atoms with Gasteiger partial charge in [-0.15, -0.1) is 0 Å². The fourth-order valence-electron chi connectivity index (χ4n) is 4.52. The van der Waals surface area contributed by atoms with Crippen LogP contribution in [0, 0.1) is 0 Å². The van der Waals surface area contributed by atoms with Crippen molar-refractivity contribution in [1.82, 2.24) is 15.6 Å². The molecule has 1 saturated carbocycles. The number of hydrogen-bond donors (Lipinski definition) is 5. The monoisotopic (exact) mass is 475 g/mol. The van der Waals surface area contributed by atoms with Crippen LogP contribution in [-0.2, 0) is 13.0 Å². The quantitative estimate of drug-likeness (QED) is 0.225. The molecule has 0 unspecified atom stereocenters. The number of phenolic OH excluding ortho intramolecular Hbond substituents is 1. The van der Waals surface area contributed by atoms with Crippen LogP contribution in [0.2, 0.25) is 0 Å². The molecule has 0 amide bonds. The van der Waals surface area contributed by atoms with E-state index in [2.05, 4.69) is 70.2 Å². The summed E-state index contributed by atoms with van der Waals surface area (Å²) in [6.45, 7) is 1.97. The van der Waals surface area contributed by atoms with Gasteiger partial charge in [-0.25, -0.2) is 0 Å². The Morgan fingerprint density at radius 3 is 2.74 bits per heavy atom. The van der Waals surface area contributed by atoms with Crippen LogP contribution in [0.3, 0.4) is 0 Å². The smallest absolute Gasteiger partial charge is 0.305 e. The zero-order valence-corrected chi connectivity index (χ0v) is 19.6. The van der Waals surface area contributed by atoms with Gasteiger partial charge in [0.05, 0.1) is 10.8 Å². The van der Waals surface area contributed by atoms with Crippen LogP contribution >= 0.6 is 11.3 Å². The van der Waals surface area contributed by atoms with E-state index in [9.17, 15) is 15.0 Å². The van der Waals surface area contributed by atoms with E-state index >= 15 is 0 Å². The Kier molecular flexibility index (Phi) is 6.78. The molecule has 0 radical (unpaired) electrons. The largest absolute Gasteiger partial charge is 0.506 e. The number of benzene rings is 3. The van der Waals surface area contributed by atoms with E-state index < -0.39 is 6.10 Å². The van der Waals surface area contributed by atoms with Crippen molar-refractivity contribution in [3.63, 3.8) is 0 Å². The van der Waals surface area contributed by atoms with Gasteiger partial charge in [0.15, 0.2) is 0 Å². The fraction of sp³-hybridized carbons (Fsp3) is 0.296. The van der Waals surface area contributed by atoms with E-state index in [1.54, 1.807) is 6.07 Å². The number of aliphatic hydroxyl groups excluding tert-OH is 1. The minimum Gasteiger partial charge on any atom is -0.506 e. The zero-order chi connectivity index (χ0) is 23.5. The molecule has 1 fully saturated rings. The Labute approximate surface area is 202 Å². The summed E-state index contributed by atoms with van der Waals surface area (Å²) in [5.41, 5.74) is 4.99. The summed E-state index contributed by atoms with van der Waals surface area (Å²) < 4.78 is 0.602. The number of nitrogens with one attached hydrogen (secondary N) is 3. The van der Waals surface area contributed by atoms with Crippen LogP contribution in [0.4, 0.5) is 0 Å². The summed E-state index contributed by atoms with van der Waals surface area (Å²) in [4.78, 5) is 14.1. The predicted molar refractivity (Wildman–Crippen MR) is 137 cm³/mol. The van der Waals surface area contributed by atoms with Gasteiger partial charge in [-0.2, -0.15) is 0 Å². The lowest BCUT2D eigenvalue weighted by atomic mass is 10.1. The zero-order valence-electron chi connectivity index (χ0n) is 18.8. The Hall–Kier alpha value is -2.97. The van der Waals surface area contributed by atoms with Crippen molar-refractivity contribution in [2.75, 3.05) is 13.1 Å². The number of thiazole rings is 1. The van der Waals surface area contributed by atoms with Crippen LogP contribution in [0.1, 0.15) is 40.7 Å². The lowest BCUT2D eigenvalue weighted by molar-refractivity contribution is 0.176. The number of aromatic hydroxyl groups is 1. The Morgan fingerprint density at radius 2 is 1.88 bits per heavy atom. The average Bonchev–Trinajstić information content (AvgIpc) is 3.53. The molecule has 0 aliphatic heterocycles. The maximum absolute atomic E-state index is 11.7. The summed E-state index contributed by atoms with van der Waals surface area (Å²) in [6, 6.07) is 23.1. The molecule has 1 heterocycles. The third-order valence-corrected chi connectivity index (χ3v) is 7.38. The van der Waals surface area contributed by atoms with E-state index in [4.69, 9.17) is 0 Å². The number of hydrogen-bond acceptors (Lipinski definition) is 6. The molecule has 34 heavy (non-hydrogen) atoms. The summed E-state index contributed by atoms with van der Waals surface area (Å²) in [5.74, 6) is 0.644. The highest BCUT2D eigenvalue weighted by molar-refractivity contribution is 7.16. The first kappa shape index (κ1) is 22.8. The van der Waals surface area contributed by atoms with Crippen molar-refractivity contribution in [2.45, 2.75) is 37.5 Å². The Morgan fingerprint density at radius 1 is 1.06 bits per heavy atom. The van der Waals surface area contributed by atoms with Gasteiger partial charge in [-0.1, -0.05) is 72.0 Å². The summed E-state index contributed by atoms with van der Waals surface area (Å²) in [6.07, 6.45) is 1.29. The van der Waals surface area contributed by atoms with Crippen molar-refractivity contribution in [2.24, 2.45) is 0 Å². The van der Waals surface area contributed by atoms with Gasteiger partial charge in [0, 0.05) is 30.6 Å². The molecule has 176 valence electrons. The number of phenols is 1. The number of aromatic nitrogens is 1. The summed E-state index contributed by atoms with van der Waals surface area (Å²) in [7, 11) is 0. The summed E-state index contributed by atoms with van der Waals surface area (Å²) >= 11 is 1.00. The predicted octanol–water partition coefficient (Wildman–Crippen LogP) is 3.81. The standard InChI is InChI=1S/C27H29N3O3S/c31-23-10-9-20(26-25(23)30-27(33)34-26)24(32)16-28-12-11-17-5-4-6-18(13-17)15-29-22-14-21(22)19-7-2-1-3-8-19/h1-10,13,21-22,24,28-29,31-32H,11-12,14-16H2,(H,30,33)/t21-,22+,24+/m1/s1. The first-order valence-electron chi connectivity index (χ1n) is 11.7. The van der Waals surface area contributed by atoms with Crippen LogP contribution in [0.25, 0.3) is 10.2 Å². The topological polar surface area (TPSA) is 97.4 Å². The SMILES string of the molecule is O=c1[nH]c2c(O)ccc([C@@H](O)CNCCc3cccc(CN[C@H]4C[C@@H]4c4ccccc4)c3)c2s1. The van der Waals surface area contributed by atoms with Crippen LogP contribution in [-0.4, -0.2) is 34.3 Å². The highest BCUT2D eigenvalue weighted by Crippen LogP contribution is 2.40. The number of aromatic amines is 1. The van der Waals surface area contributed by atoms with E-state index in [0.717, 1.165) is 30.8 Å². The highest BCUT2D eigenvalue weighted by Gasteiger charge is 2.37. The van der Waals surface area contributed by atoms with Gasteiger partial charge in [-0.05, 0) is 42.1 Å². The third-order valence-electron chi connectivity index (χ3n) is 6.45. The number of aliphatic hydroxyl groups is 1. The maximum Gasteiger partial charge on any atom is 0.305 e.